The number of rotatable bonds is 7. The standard InChI is InChI=1S/C27H35FN6O3S/c1-17(2)21-10-20(34-13-18(14-34)16-38(4,36)37)9-19-12-30-25(11-22(19)21)31-24-5-7-29-26(32-24)33-8-6-27(3,35)23(28)15-33/h5,7,9-12,17-18,23,35H,6,8,13-16H2,1-4H3,(H,29,30,31,32)/t23-,27+/m0/s1. The Morgan fingerprint density at radius 3 is 2.61 bits per heavy atom. The predicted octanol–water partition coefficient (Wildman–Crippen LogP) is 3.67. The van der Waals surface area contributed by atoms with Crippen LogP contribution in [0.3, 0.4) is 0 Å². The Bertz CT molecular complexity index is 1440. The molecule has 9 nitrogen and oxygen atoms in total. The van der Waals surface area contributed by atoms with Crippen molar-refractivity contribution >= 4 is 43.9 Å². The summed E-state index contributed by atoms with van der Waals surface area (Å²) in [5.41, 5.74) is 0.941. The van der Waals surface area contributed by atoms with Crippen molar-refractivity contribution in [2.45, 2.75) is 44.9 Å². The maximum atomic E-state index is 14.4. The maximum absolute atomic E-state index is 14.4. The van der Waals surface area contributed by atoms with Crippen LogP contribution in [0, 0.1) is 5.92 Å². The Labute approximate surface area is 223 Å². The van der Waals surface area contributed by atoms with E-state index in [0.717, 1.165) is 29.5 Å². The van der Waals surface area contributed by atoms with Crippen LogP contribution in [0.2, 0.25) is 0 Å². The number of hydrogen-bond donors (Lipinski definition) is 2. The number of nitrogens with zero attached hydrogens (tertiary/aromatic N) is 5. The van der Waals surface area contributed by atoms with Crippen LogP contribution >= 0.6 is 0 Å². The van der Waals surface area contributed by atoms with E-state index in [2.05, 4.69) is 51.1 Å². The third-order valence-electron chi connectivity index (χ3n) is 7.46. The van der Waals surface area contributed by atoms with Crippen LogP contribution in [0.5, 0.6) is 0 Å². The van der Waals surface area contributed by atoms with Crippen molar-refractivity contribution in [1.29, 1.82) is 0 Å². The number of piperidine rings is 1. The number of benzene rings is 1. The van der Waals surface area contributed by atoms with Gasteiger partial charge in [-0.25, -0.2) is 22.8 Å². The zero-order chi connectivity index (χ0) is 27.2. The van der Waals surface area contributed by atoms with Gasteiger partial charge in [0.25, 0.3) is 0 Å². The molecule has 2 aliphatic heterocycles. The minimum absolute atomic E-state index is 0.0385. The molecule has 2 saturated heterocycles. The van der Waals surface area contributed by atoms with E-state index in [-0.39, 0.29) is 24.1 Å². The second-order valence-corrected chi connectivity index (χ2v) is 13.4. The van der Waals surface area contributed by atoms with Crippen LogP contribution in [0.25, 0.3) is 10.8 Å². The Morgan fingerprint density at radius 1 is 1.16 bits per heavy atom. The molecule has 11 heteroatoms. The fraction of sp³-hybridized carbons (Fsp3) is 0.519. The Kier molecular flexibility index (Phi) is 6.93. The second kappa shape index (κ2) is 9.92. The molecule has 204 valence electrons. The fourth-order valence-electron chi connectivity index (χ4n) is 5.19. The van der Waals surface area contributed by atoms with Crippen molar-refractivity contribution in [1.82, 2.24) is 15.0 Å². The largest absolute Gasteiger partial charge is 0.387 e. The highest BCUT2D eigenvalue weighted by molar-refractivity contribution is 7.90. The van der Waals surface area contributed by atoms with Crippen molar-refractivity contribution in [3.05, 3.63) is 42.2 Å². The van der Waals surface area contributed by atoms with Gasteiger partial charge in [-0.2, -0.15) is 4.98 Å². The minimum atomic E-state index is -2.98. The van der Waals surface area contributed by atoms with E-state index < -0.39 is 21.6 Å². The molecule has 38 heavy (non-hydrogen) atoms. The molecule has 2 aromatic heterocycles. The molecule has 0 bridgehead atoms. The van der Waals surface area contributed by atoms with Crippen LogP contribution < -0.4 is 15.1 Å². The lowest BCUT2D eigenvalue weighted by atomic mass is 9.92. The molecule has 2 N–H and O–H groups in total. The van der Waals surface area contributed by atoms with Gasteiger partial charge in [-0.1, -0.05) is 13.8 Å². The van der Waals surface area contributed by atoms with Gasteiger partial charge in [0.05, 0.1) is 17.9 Å². The van der Waals surface area contributed by atoms with Gasteiger partial charge in [0.2, 0.25) is 5.95 Å². The summed E-state index contributed by atoms with van der Waals surface area (Å²) in [6.07, 6.45) is 3.68. The van der Waals surface area contributed by atoms with Gasteiger partial charge < -0.3 is 20.2 Å². The van der Waals surface area contributed by atoms with Crippen LogP contribution in [0.15, 0.2) is 36.7 Å². The number of sulfone groups is 1. The van der Waals surface area contributed by atoms with Gasteiger partial charge in [-0.05, 0) is 54.5 Å². The molecule has 4 heterocycles. The van der Waals surface area contributed by atoms with Crippen molar-refractivity contribution in [2.75, 3.05) is 53.3 Å². The topological polar surface area (TPSA) is 112 Å². The number of anilines is 4. The van der Waals surface area contributed by atoms with Crippen molar-refractivity contribution < 1.29 is 17.9 Å². The van der Waals surface area contributed by atoms with E-state index in [1.807, 2.05) is 12.3 Å². The quantitative estimate of drug-likeness (QED) is 0.462. The number of fused-ring (bicyclic) bond motifs is 1. The summed E-state index contributed by atoms with van der Waals surface area (Å²) in [5, 5.41) is 15.5. The maximum Gasteiger partial charge on any atom is 0.227 e. The summed E-state index contributed by atoms with van der Waals surface area (Å²) in [4.78, 5) is 17.4. The van der Waals surface area contributed by atoms with E-state index in [4.69, 9.17) is 0 Å². The lowest BCUT2D eigenvalue weighted by molar-refractivity contribution is -0.0332. The first kappa shape index (κ1) is 26.6. The summed E-state index contributed by atoms with van der Waals surface area (Å²) in [6, 6.07) is 8.05. The first-order valence-corrected chi connectivity index (χ1v) is 15.0. The molecule has 2 aliphatic rings. The van der Waals surface area contributed by atoms with Crippen LogP contribution in [-0.4, -0.2) is 78.4 Å². The number of halogens is 1. The van der Waals surface area contributed by atoms with E-state index in [9.17, 15) is 17.9 Å². The van der Waals surface area contributed by atoms with Crippen LogP contribution in [0.4, 0.5) is 27.7 Å². The van der Waals surface area contributed by atoms with E-state index in [1.54, 1.807) is 17.2 Å². The van der Waals surface area contributed by atoms with Crippen molar-refractivity contribution in [3.8, 4) is 0 Å². The molecule has 0 saturated carbocycles. The van der Waals surface area contributed by atoms with Gasteiger partial charge in [-0.15, -0.1) is 0 Å². The van der Waals surface area contributed by atoms with Crippen LogP contribution in [0.1, 0.15) is 38.7 Å². The zero-order valence-corrected chi connectivity index (χ0v) is 23.0. The number of alkyl halides is 1. The van der Waals surface area contributed by atoms with Crippen LogP contribution in [-0.2, 0) is 9.84 Å². The average Bonchev–Trinajstić information content (AvgIpc) is 2.82. The summed E-state index contributed by atoms with van der Waals surface area (Å²) < 4.78 is 37.6. The number of aromatic nitrogens is 3. The van der Waals surface area contributed by atoms with Gasteiger partial charge in [0.15, 0.2) is 0 Å². The molecule has 0 unspecified atom stereocenters. The van der Waals surface area contributed by atoms with E-state index in [0.29, 0.717) is 30.5 Å². The molecular weight excluding hydrogens is 507 g/mol. The monoisotopic (exact) mass is 542 g/mol. The predicted molar refractivity (Wildman–Crippen MR) is 149 cm³/mol. The normalized spacial score (nSPS) is 22.7. The second-order valence-electron chi connectivity index (χ2n) is 11.2. The highest BCUT2D eigenvalue weighted by atomic mass is 32.2. The summed E-state index contributed by atoms with van der Waals surface area (Å²) in [6.45, 7) is 7.80. The lowest BCUT2D eigenvalue weighted by Gasteiger charge is -2.41. The first-order chi connectivity index (χ1) is 17.9. The number of pyridine rings is 1. The van der Waals surface area contributed by atoms with Gasteiger partial charge in [0, 0.05) is 55.3 Å². The van der Waals surface area contributed by atoms with E-state index >= 15 is 0 Å². The first-order valence-electron chi connectivity index (χ1n) is 13.0. The third-order valence-corrected chi connectivity index (χ3v) is 8.54. The number of hydrogen-bond acceptors (Lipinski definition) is 9. The lowest BCUT2D eigenvalue weighted by Crippen LogP contribution is -2.52. The molecule has 2 fully saturated rings. The smallest absolute Gasteiger partial charge is 0.227 e. The Hall–Kier alpha value is -3.05. The van der Waals surface area contributed by atoms with Gasteiger partial charge in [0.1, 0.15) is 27.6 Å². The average molecular weight is 543 g/mol. The van der Waals surface area contributed by atoms with E-state index in [1.165, 1.54) is 18.7 Å². The molecular formula is C27H35FN6O3S. The molecule has 0 amide bonds. The van der Waals surface area contributed by atoms with Crippen molar-refractivity contribution in [3.63, 3.8) is 0 Å². The molecule has 0 radical (unpaired) electrons. The third kappa shape index (κ3) is 5.68. The minimum Gasteiger partial charge on any atom is -0.387 e. The molecule has 1 aromatic carbocycles. The van der Waals surface area contributed by atoms with Gasteiger partial charge >= 0.3 is 0 Å². The molecule has 0 spiro atoms. The molecule has 0 aliphatic carbocycles. The Morgan fingerprint density at radius 2 is 1.92 bits per heavy atom. The fourth-order valence-corrected chi connectivity index (χ4v) is 6.26. The summed E-state index contributed by atoms with van der Waals surface area (Å²) in [5.74, 6) is 2.26. The number of nitrogens with one attached hydrogen (secondary N) is 1. The summed E-state index contributed by atoms with van der Waals surface area (Å²) >= 11 is 0. The Balaban J connectivity index is 1.35. The zero-order valence-electron chi connectivity index (χ0n) is 22.2. The number of aliphatic hydroxyl groups is 1. The molecule has 5 rings (SSSR count). The molecule has 2 atom stereocenters. The van der Waals surface area contributed by atoms with Crippen molar-refractivity contribution in [2.24, 2.45) is 5.92 Å². The SMILES string of the molecule is CC(C)c1cc(N2CC(CS(C)(=O)=O)C2)cc2cnc(Nc3ccnc(N4CC[C@@](C)(O)[C@@H](F)C4)n3)cc12. The highest BCUT2D eigenvalue weighted by Gasteiger charge is 2.38. The highest BCUT2D eigenvalue weighted by Crippen LogP contribution is 2.35. The van der Waals surface area contributed by atoms with Gasteiger partial charge in [-0.3, -0.25) is 0 Å². The summed E-state index contributed by atoms with van der Waals surface area (Å²) in [7, 11) is -2.98. The molecule has 3 aromatic rings.